The van der Waals surface area contributed by atoms with E-state index in [1.165, 1.54) is 10.9 Å². The van der Waals surface area contributed by atoms with Crippen molar-refractivity contribution < 1.29 is 0 Å². The molecule has 0 saturated heterocycles. The van der Waals surface area contributed by atoms with Crippen LogP contribution in [0, 0.1) is 0 Å². The van der Waals surface area contributed by atoms with E-state index in [-0.39, 0.29) is 0 Å². The first-order valence-corrected chi connectivity index (χ1v) is 14.9. The fourth-order valence-corrected chi connectivity index (χ4v) is 12.9. The van der Waals surface area contributed by atoms with Gasteiger partial charge in [-0.05, 0) is 0 Å². The predicted molar refractivity (Wildman–Crippen MR) is 56.0 cm³/mol. The van der Waals surface area contributed by atoms with Crippen LogP contribution in [-0.2, 0) is 5.32 Å². The van der Waals surface area contributed by atoms with Crippen LogP contribution in [0.15, 0.2) is 30.3 Å². The van der Waals surface area contributed by atoms with Crippen molar-refractivity contribution >= 4 is 44.1 Å². The van der Waals surface area contributed by atoms with Gasteiger partial charge in [0.05, 0.1) is 0 Å². The predicted octanol–water partition coefficient (Wildman–Crippen LogP) is -0.323. The van der Waals surface area contributed by atoms with Crippen LogP contribution in [0.3, 0.4) is 0 Å². The van der Waals surface area contributed by atoms with Gasteiger partial charge < -0.3 is 0 Å². The van der Waals surface area contributed by atoms with E-state index in [9.17, 15) is 0 Å². The van der Waals surface area contributed by atoms with Gasteiger partial charge in [-0.15, -0.1) is 0 Å². The molecule has 0 aliphatic carbocycles. The van der Waals surface area contributed by atoms with Crippen LogP contribution in [0.4, 0.5) is 0 Å². The molecule has 0 unspecified atom stereocenters. The van der Waals surface area contributed by atoms with Gasteiger partial charge in [0.2, 0.25) is 0 Å². The summed E-state index contributed by atoms with van der Waals surface area (Å²) in [6.07, 6.45) is 0. The standard InChI is InChI=1S/C7H9BSe3/c8-10-11-9-6-7-4-2-1-3-5-7/h1-5H,6,8H2. The second kappa shape index (κ2) is 6.37. The van der Waals surface area contributed by atoms with Gasteiger partial charge in [0, 0.05) is 0 Å². The Kier molecular flexibility index (Phi) is 5.75. The summed E-state index contributed by atoms with van der Waals surface area (Å²) in [4.78, 5) is 0. The first kappa shape index (κ1) is 9.93. The zero-order chi connectivity index (χ0) is 7.94. The first-order valence-electron chi connectivity index (χ1n) is 3.29. The molecule has 0 atom stereocenters. The van der Waals surface area contributed by atoms with E-state index in [4.69, 9.17) is 0 Å². The second-order valence-corrected chi connectivity index (χ2v) is 19.5. The minimum atomic E-state index is 0.920. The number of benzene rings is 1. The Labute approximate surface area is 84.7 Å². The third-order valence-electron chi connectivity index (χ3n) is 1.18. The fraction of sp³-hybridized carbons (Fsp3) is 0.143. The van der Waals surface area contributed by atoms with E-state index in [0.717, 1.165) is 37.4 Å². The molecule has 11 heavy (non-hydrogen) atoms. The van der Waals surface area contributed by atoms with Crippen molar-refractivity contribution in [1.82, 2.24) is 0 Å². The van der Waals surface area contributed by atoms with Crippen molar-refractivity contribution in [3.05, 3.63) is 35.9 Å². The third-order valence-corrected chi connectivity index (χ3v) is 19.6. The molecule has 0 nitrogen and oxygen atoms in total. The molecular formula is C7H9BSe3. The van der Waals surface area contributed by atoms with Crippen LogP contribution in [-0.4, -0.2) is 44.1 Å². The molecule has 58 valence electrons. The zero-order valence-electron chi connectivity index (χ0n) is 6.32. The second-order valence-electron chi connectivity index (χ2n) is 1.98. The van der Waals surface area contributed by atoms with Crippen LogP contribution in [0.2, 0.25) is 0 Å². The van der Waals surface area contributed by atoms with E-state index in [1.807, 2.05) is 0 Å². The topological polar surface area (TPSA) is 0 Å². The molecule has 0 amide bonds. The van der Waals surface area contributed by atoms with Gasteiger partial charge in [0.1, 0.15) is 0 Å². The Morgan fingerprint density at radius 1 is 1.18 bits per heavy atom. The molecule has 1 aromatic rings. The van der Waals surface area contributed by atoms with E-state index >= 15 is 0 Å². The maximum atomic E-state index is 2.35. The first-order chi connectivity index (χ1) is 5.43. The Bertz CT molecular complexity index is 190. The summed E-state index contributed by atoms with van der Waals surface area (Å²) >= 11 is 2.86. The van der Waals surface area contributed by atoms with Crippen LogP contribution in [0.1, 0.15) is 5.56 Å². The van der Waals surface area contributed by atoms with Gasteiger partial charge in [0.15, 0.2) is 0 Å². The molecule has 0 radical (unpaired) electrons. The summed E-state index contributed by atoms with van der Waals surface area (Å²) in [5.41, 5.74) is 1.53. The van der Waals surface area contributed by atoms with Crippen LogP contribution in [0.25, 0.3) is 0 Å². The summed E-state index contributed by atoms with van der Waals surface area (Å²) in [5.74, 6) is 0. The van der Waals surface area contributed by atoms with Crippen molar-refractivity contribution in [2.45, 2.75) is 5.32 Å². The van der Waals surface area contributed by atoms with Gasteiger partial charge in [-0.3, -0.25) is 0 Å². The number of hydrogen-bond acceptors (Lipinski definition) is 0. The van der Waals surface area contributed by atoms with Gasteiger partial charge in [-0.25, -0.2) is 0 Å². The Balaban J connectivity index is 2.28. The molecule has 0 saturated carbocycles. The van der Waals surface area contributed by atoms with E-state index in [1.54, 1.807) is 0 Å². The third kappa shape index (κ3) is 4.43. The van der Waals surface area contributed by atoms with Gasteiger partial charge >= 0.3 is 85.3 Å². The Morgan fingerprint density at radius 2 is 1.91 bits per heavy atom. The number of rotatable bonds is 4. The molecule has 4 heteroatoms. The molecule has 1 aromatic carbocycles. The molecule has 0 N–H and O–H groups in total. The summed E-state index contributed by atoms with van der Waals surface area (Å²) < 4.78 is 0. The molecule has 0 spiro atoms. The summed E-state index contributed by atoms with van der Waals surface area (Å²) in [6, 6.07) is 10.8. The normalized spacial score (nSPS) is 9.82. The molecule has 0 aliphatic heterocycles. The molecule has 1 rings (SSSR count). The average Bonchev–Trinajstić information content (AvgIpc) is 2.07. The molecule has 0 heterocycles. The van der Waals surface area contributed by atoms with Crippen molar-refractivity contribution in [1.29, 1.82) is 0 Å². The SMILES string of the molecule is B[Se][Se][Se]Cc1ccccc1. The van der Waals surface area contributed by atoms with Crippen molar-refractivity contribution in [2.75, 3.05) is 0 Å². The summed E-state index contributed by atoms with van der Waals surface area (Å²) in [7, 11) is 0. The Morgan fingerprint density at radius 3 is 2.55 bits per heavy atom. The van der Waals surface area contributed by atoms with E-state index in [0.29, 0.717) is 0 Å². The molecule has 0 aliphatic rings. The summed E-state index contributed by atoms with van der Waals surface area (Å²) in [6.45, 7) is 2.35. The Hall–Kier alpha value is 0.843. The van der Waals surface area contributed by atoms with Crippen LogP contribution < -0.4 is 0 Å². The molecular weight excluding hydrogens is 332 g/mol. The average molecular weight is 341 g/mol. The maximum absolute atomic E-state index is 2.35. The molecule has 0 bridgehead atoms. The zero-order valence-corrected chi connectivity index (χ0v) is 11.5. The molecule has 0 aromatic heterocycles. The van der Waals surface area contributed by atoms with Gasteiger partial charge in [-0.1, -0.05) is 0 Å². The quantitative estimate of drug-likeness (QED) is 0.520. The van der Waals surface area contributed by atoms with Crippen LogP contribution >= 0.6 is 0 Å². The summed E-state index contributed by atoms with van der Waals surface area (Å²) in [5, 5.41) is 1.35. The fourth-order valence-electron chi connectivity index (χ4n) is 0.714. The van der Waals surface area contributed by atoms with Gasteiger partial charge in [0.25, 0.3) is 0 Å². The van der Waals surface area contributed by atoms with Crippen molar-refractivity contribution in [3.63, 3.8) is 0 Å². The minimum absolute atomic E-state index is 0.920. The van der Waals surface area contributed by atoms with E-state index in [2.05, 4.69) is 37.0 Å². The number of hydrogen-bond donors (Lipinski definition) is 0. The van der Waals surface area contributed by atoms with E-state index < -0.39 is 0 Å². The van der Waals surface area contributed by atoms with Gasteiger partial charge in [-0.2, -0.15) is 0 Å². The molecule has 0 fully saturated rings. The van der Waals surface area contributed by atoms with Crippen LogP contribution in [0.5, 0.6) is 0 Å². The van der Waals surface area contributed by atoms with Crippen molar-refractivity contribution in [3.8, 4) is 0 Å². The monoisotopic (exact) mass is 344 g/mol. The van der Waals surface area contributed by atoms with Crippen molar-refractivity contribution in [2.24, 2.45) is 0 Å².